The normalized spacial score (nSPS) is 17.6. The Labute approximate surface area is 199 Å². The predicted octanol–water partition coefficient (Wildman–Crippen LogP) is 4.62. The topological polar surface area (TPSA) is 82.5 Å². The molecule has 0 fully saturated rings. The van der Waals surface area contributed by atoms with Crippen molar-refractivity contribution in [2.24, 2.45) is 5.92 Å². The highest BCUT2D eigenvalue weighted by atomic mass is 32.2. The van der Waals surface area contributed by atoms with Gasteiger partial charge in [-0.2, -0.15) is 0 Å². The monoisotopic (exact) mass is 483 g/mol. The van der Waals surface area contributed by atoms with E-state index in [0.29, 0.717) is 34.8 Å². The van der Waals surface area contributed by atoms with Gasteiger partial charge < -0.3 is 14.8 Å². The van der Waals surface area contributed by atoms with Crippen LogP contribution in [0.4, 0.5) is 5.69 Å². The first kappa shape index (κ1) is 22.0. The number of aryl methyl sites for hydroxylation is 1. The molecule has 1 aliphatic carbocycles. The highest BCUT2D eigenvalue weighted by Gasteiger charge is 2.26. The van der Waals surface area contributed by atoms with Crippen LogP contribution in [0.5, 0.6) is 11.5 Å². The summed E-state index contributed by atoms with van der Waals surface area (Å²) < 4.78 is 12.3. The van der Waals surface area contributed by atoms with Gasteiger partial charge >= 0.3 is 0 Å². The second-order valence-corrected chi connectivity index (χ2v) is 10.8. The number of rotatable bonds is 6. The van der Waals surface area contributed by atoms with Crippen LogP contribution in [0.25, 0.3) is 10.2 Å². The van der Waals surface area contributed by atoms with Gasteiger partial charge in [0, 0.05) is 23.2 Å². The predicted molar refractivity (Wildman–Crippen MR) is 132 cm³/mol. The molecule has 9 heteroatoms. The van der Waals surface area contributed by atoms with Gasteiger partial charge in [0.25, 0.3) is 5.56 Å². The zero-order valence-electron chi connectivity index (χ0n) is 18.6. The van der Waals surface area contributed by atoms with Gasteiger partial charge in [-0.1, -0.05) is 24.8 Å². The summed E-state index contributed by atoms with van der Waals surface area (Å²) in [5.41, 5.74) is 1.75. The molecule has 0 spiro atoms. The number of nitrogens with zero attached hydrogens (tertiary/aromatic N) is 2. The summed E-state index contributed by atoms with van der Waals surface area (Å²) in [5.74, 6) is 1.71. The number of hydrogen-bond acceptors (Lipinski definition) is 7. The Balaban J connectivity index is 1.42. The summed E-state index contributed by atoms with van der Waals surface area (Å²) in [6.45, 7) is 8.39. The van der Waals surface area contributed by atoms with E-state index in [4.69, 9.17) is 14.5 Å². The molecule has 2 aromatic heterocycles. The number of benzene rings is 1. The molecule has 2 atom stereocenters. The van der Waals surface area contributed by atoms with E-state index in [0.717, 1.165) is 35.0 Å². The van der Waals surface area contributed by atoms with Crippen LogP contribution in [-0.2, 0) is 24.2 Å². The number of carbonyl (C=O) groups excluding carboxylic acids is 1. The summed E-state index contributed by atoms with van der Waals surface area (Å²) >= 11 is 2.90. The zero-order chi connectivity index (χ0) is 23.1. The minimum atomic E-state index is -0.467. The molecule has 1 amide bonds. The maximum absolute atomic E-state index is 13.4. The average Bonchev–Trinajstić information content (AvgIpc) is 3.39. The second kappa shape index (κ2) is 8.87. The summed E-state index contributed by atoms with van der Waals surface area (Å²) in [6, 6.07) is 5.29. The fraction of sp³-hybridized carbons (Fsp3) is 0.375. The summed E-state index contributed by atoms with van der Waals surface area (Å²) in [5, 5.41) is 3.72. The minimum Gasteiger partial charge on any atom is -0.454 e. The van der Waals surface area contributed by atoms with Crippen molar-refractivity contribution in [2.75, 3.05) is 12.1 Å². The lowest BCUT2D eigenvalue weighted by molar-refractivity contribution is -0.115. The highest BCUT2D eigenvalue weighted by molar-refractivity contribution is 8.00. The number of anilines is 1. The molecule has 1 N–H and O–H groups in total. The van der Waals surface area contributed by atoms with Crippen molar-refractivity contribution in [3.05, 3.63) is 51.6 Å². The Morgan fingerprint density at radius 3 is 3.06 bits per heavy atom. The van der Waals surface area contributed by atoms with Crippen molar-refractivity contribution in [1.29, 1.82) is 0 Å². The molecule has 33 heavy (non-hydrogen) atoms. The molecule has 0 saturated heterocycles. The van der Waals surface area contributed by atoms with Crippen LogP contribution < -0.4 is 20.3 Å². The Morgan fingerprint density at radius 2 is 2.24 bits per heavy atom. The SMILES string of the molecule is C=CCn1c(S[C@@H](C)C(=O)Nc2ccc3c(c2)OCO3)nc2sc3c(c2c1=O)CC[C@@H](C)C3. The van der Waals surface area contributed by atoms with Gasteiger partial charge in [-0.05, 0) is 49.8 Å². The number of hydrogen-bond donors (Lipinski definition) is 1. The van der Waals surface area contributed by atoms with Crippen LogP contribution in [0.1, 0.15) is 30.7 Å². The van der Waals surface area contributed by atoms with Gasteiger partial charge in [-0.25, -0.2) is 4.98 Å². The van der Waals surface area contributed by atoms with E-state index >= 15 is 0 Å². The fourth-order valence-electron chi connectivity index (χ4n) is 4.21. The number of carbonyl (C=O) groups is 1. The number of aromatic nitrogens is 2. The van der Waals surface area contributed by atoms with Crippen molar-refractivity contribution in [3.8, 4) is 11.5 Å². The number of amides is 1. The van der Waals surface area contributed by atoms with Crippen molar-refractivity contribution >= 4 is 44.9 Å². The fourth-order valence-corrected chi connectivity index (χ4v) is 6.56. The van der Waals surface area contributed by atoms with E-state index in [1.54, 1.807) is 40.2 Å². The van der Waals surface area contributed by atoms with Gasteiger partial charge in [0.15, 0.2) is 16.7 Å². The minimum absolute atomic E-state index is 0.0437. The van der Waals surface area contributed by atoms with E-state index in [9.17, 15) is 9.59 Å². The maximum Gasteiger partial charge on any atom is 0.263 e. The van der Waals surface area contributed by atoms with E-state index in [2.05, 4.69) is 18.8 Å². The molecule has 3 heterocycles. The molecule has 1 aromatic carbocycles. The largest absolute Gasteiger partial charge is 0.454 e. The molecule has 0 radical (unpaired) electrons. The number of thiophene rings is 1. The molecule has 2 aliphatic rings. The molecule has 3 aromatic rings. The number of fused-ring (bicyclic) bond motifs is 4. The summed E-state index contributed by atoms with van der Waals surface area (Å²) in [4.78, 5) is 33.2. The Bertz CT molecular complexity index is 1310. The molecule has 7 nitrogen and oxygen atoms in total. The quantitative estimate of drug-likeness (QED) is 0.313. The lowest BCUT2D eigenvalue weighted by Gasteiger charge is -2.18. The van der Waals surface area contributed by atoms with E-state index < -0.39 is 5.25 Å². The molecule has 0 unspecified atom stereocenters. The van der Waals surface area contributed by atoms with Crippen LogP contribution in [-0.4, -0.2) is 27.5 Å². The van der Waals surface area contributed by atoms with Crippen molar-refractivity contribution in [1.82, 2.24) is 9.55 Å². The molecule has 5 rings (SSSR count). The molecular formula is C24H25N3O4S2. The smallest absolute Gasteiger partial charge is 0.263 e. The molecule has 0 bridgehead atoms. The summed E-state index contributed by atoms with van der Waals surface area (Å²) in [6.07, 6.45) is 4.70. The lowest BCUT2D eigenvalue weighted by atomic mass is 9.89. The number of allylic oxidation sites excluding steroid dienone is 1. The third kappa shape index (κ3) is 4.15. The summed E-state index contributed by atoms with van der Waals surface area (Å²) in [7, 11) is 0. The van der Waals surface area contributed by atoms with Gasteiger partial charge in [0.1, 0.15) is 4.83 Å². The van der Waals surface area contributed by atoms with Gasteiger partial charge in [0.05, 0.1) is 10.6 Å². The standard InChI is InChI=1S/C24H25N3O4S2/c1-4-9-27-23(29)20-16-7-5-13(2)10-19(16)33-22(20)26-24(27)32-14(3)21(28)25-15-6-8-17-18(11-15)31-12-30-17/h4,6,8,11,13-14H,1,5,7,9-10,12H2,2-3H3,(H,25,28)/t13-,14+/m1/s1. The van der Waals surface area contributed by atoms with Crippen molar-refractivity contribution in [2.45, 2.75) is 50.1 Å². The van der Waals surface area contributed by atoms with Crippen molar-refractivity contribution in [3.63, 3.8) is 0 Å². The van der Waals surface area contributed by atoms with Gasteiger partial charge in [-0.3, -0.25) is 14.2 Å². The first-order valence-corrected chi connectivity index (χ1v) is 12.7. The molecule has 172 valence electrons. The van der Waals surface area contributed by atoms with Crippen molar-refractivity contribution < 1.29 is 14.3 Å². The molecule has 1 aliphatic heterocycles. The Morgan fingerprint density at radius 1 is 1.42 bits per heavy atom. The van der Waals surface area contributed by atoms with E-state index in [1.165, 1.54) is 16.6 Å². The zero-order valence-corrected chi connectivity index (χ0v) is 20.2. The van der Waals surface area contributed by atoms with E-state index in [-0.39, 0.29) is 18.3 Å². The lowest BCUT2D eigenvalue weighted by Crippen LogP contribution is -2.27. The molecular weight excluding hydrogens is 458 g/mol. The van der Waals surface area contributed by atoms with Crippen LogP contribution in [0.3, 0.4) is 0 Å². The first-order valence-electron chi connectivity index (χ1n) is 11.0. The first-order chi connectivity index (χ1) is 15.9. The highest BCUT2D eigenvalue weighted by Crippen LogP contribution is 2.37. The van der Waals surface area contributed by atoms with Crippen LogP contribution in [0, 0.1) is 5.92 Å². The van der Waals surface area contributed by atoms with Crippen LogP contribution in [0.2, 0.25) is 0 Å². The van der Waals surface area contributed by atoms with Gasteiger partial charge in [0.2, 0.25) is 12.7 Å². The Hall–Kier alpha value is -2.78. The van der Waals surface area contributed by atoms with Crippen LogP contribution >= 0.6 is 23.1 Å². The third-order valence-corrected chi connectivity index (χ3v) is 8.22. The number of nitrogens with one attached hydrogen (secondary N) is 1. The van der Waals surface area contributed by atoms with E-state index in [1.807, 2.05) is 6.92 Å². The molecule has 0 saturated carbocycles. The second-order valence-electron chi connectivity index (χ2n) is 8.45. The average molecular weight is 484 g/mol. The number of ether oxygens (including phenoxy) is 2. The van der Waals surface area contributed by atoms with Crippen LogP contribution in [0.15, 0.2) is 40.8 Å². The number of thioether (sulfide) groups is 1. The Kier molecular flexibility index (Phi) is 5.92. The third-order valence-electron chi connectivity index (χ3n) is 5.98. The van der Waals surface area contributed by atoms with Gasteiger partial charge in [-0.15, -0.1) is 17.9 Å². The maximum atomic E-state index is 13.4.